The second-order valence-electron chi connectivity index (χ2n) is 4.35. The van der Waals surface area contributed by atoms with Gasteiger partial charge in [0.05, 0.1) is 5.69 Å². The summed E-state index contributed by atoms with van der Waals surface area (Å²) in [6, 6.07) is 13.0. The molecule has 104 valence electrons. The van der Waals surface area contributed by atoms with E-state index in [9.17, 15) is 9.18 Å². The maximum atomic E-state index is 13.2. The Morgan fingerprint density at radius 1 is 1.20 bits per heavy atom. The quantitative estimate of drug-likeness (QED) is 0.885. The zero-order chi connectivity index (χ0) is 14.5. The lowest BCUT2D eigenvalue weighted by molar-refractivity contribution is -0.116. The molecule has 0 fully saturated rings. The number of amides is 1. The fourth-order valence-electron chi connectivity index (χ4n) is 1.68. The predicted octanol–water partition coefficient (Wildman–Crippen LogP) is 4.03. The van der Waals surface area contributed by atoms with E-state index in [1.807, 2.05) is 30.3 Å². The smallest absolute Gasteiger partial charge is 0.246 e. The number of carbonyl (C=O) groups excluding carboxylic acids is 1. The summed E-state index contributed by atoms with van der Waals surface area (Å²) >= 11 is 3.31. The summed E-state index contributed by atoms with van der Waals surface area (Å²) in [5.74, 6) is -0.543. The molecule has 1 amide bonds. The summed E-state index contributed by atoms with van der Waals surface area (Å²) in [5, 5.41) is 5.76. The van der Waals surface area contributed by atoms with Crippen LogP contribution in [0.2, 0.25) is 0 Å². The number of para-hydroxylation sites is 1. The number of benzene rings is 2. The average molecular weight is 337 g/mol. The predicted molar refractivity (Wildman–Crippen MR) is 82.3 cm³/mol. The van der Waals surface area contributed by atoms with E-state index in [-0.39, 0.29) is 11.7 Å². The first kappa shape index (κ1) is 14.5. The van der Waals surface area contributed by atoms with E-state index in [1.165, 1.54) is 12.1 Å². The third-order valence-electron chi connectivity index (χ3n) is 2.74. The third-order valence-corrected chi connectivity index (χ3v) is 3.43. The van der Waals surface area contributed by atoms with Crippen molar-refractivity contribution in [1.82, 2.24) is 0 Å². The SMILES string of the molecule is CC(Nc1cc(F)ccc1Br)C(=O)Nc1ccccc1. The lowest BCUT2D eigenvalue weighted by Gasteiger charge is -2.16. The molecule has 0 aromatic heterocycles. The van der Waals surface area contributed by atoms with Crippen LogP contribution >= 0.6 is 15.9 Å². The Labute approximate surface area is 125 Å². The molecule has 2 aromatic rings. The summed E-state index contributed by atoms with van der Waals surface area (Å²) in [6.45, 7) is 1.72. The number of anilines is 2. The molecule has 0 bridgehead atoms. The molecule has 2 N–H and O–H groups in total. The molecule has 20 heavy (non-hydrogen) atoms. The highest BCUT2D eigenvalue weighted by Crippen LogP contribution is 2.23. The van der Waals surface area contributed by atoms with Gasteiger partial charge in [-0.05, 0) is 53.2 Å². The van der Waals surface area contributed by atoms with Gasteiger partial charge in [-0.1, -0.05) is 18.2 Å². The zero-order valence-electron chi connectivity index (χ0n) is 10.9. The normalized spacial score (nSPS) is 11.8. The first-order valence-corrected chi connectivity index (χ1v) is 6.93. The minimum atomic E-state index is -0.492. The molecule has 1 atom stereocenters. The molecule has 0 aliphatic carbocycles. The Morgan fingerprint density at radius 3 is 2.60 bits per heavy atom. The van der Waals surface area contributed by atoms with Crippen LogP contribution in [0.15, 0.2) is 53.0 Å². The highest BCUT2D eigenvalue weighted by atomic mass is 79.9. The van der Waals surface area contributed by atoms with Crippen molar-refractivity contribution in [3.05, 3.63) is 58.8 Å². The lowest BCUT2D eigenvalue weighted by Crippen LogP contribution is -2.32. The molecule has 2 aromatic carbocycles. The topological polar surface area (TPSA) is 41.1 Å². The van der Waals surface area contributed by atoms with Gasteiger partial charge in [0.15, 0.2) is 0 Å². The monoisotopic (exact) mass is 336 g/mol. The van der Waals surface area contributed by atoms with Crippen molar-refractivity contribution < 1.29 is 9.18 Å². The Kier molecular flexibility index (Phi) is 4.74. The number of carbonyl (C=O) groups is 1. The second kappa shape index (κ2) is 6.52. The first-order chi connectivity index (χ1) is 9.56. The van der Waals surface area contributed by atoms with Crippen molar-refractivity contribution in [3.63, 3.8) is 0 Å². The van der Waals surface area contributed by atoms with Gasteiger partial charge in [-0.25, -0.2) is 4.39 Å². The molecular formula is C15H14BrFN2O. The van der Waals surface area contributed by atoms with Crippen LogP contribution in [-0.4, -0.2) is 11.9 Å². The Morgan fingerprint density at radius 2 is 1.90 bits per heavy atom. The van der Waals surface area contributed by atoms with Crippen LogP contribution in [0.25, 0.3) is 0 Å². The van der Waals surface area contributed by atoms with Crippen LogP contribution < -0.4 is 10.6 Å². The average Bonchev–Trinajstić information content (AvgIpc) is 2.44. The van der Waals surface area contributed by atoms with E-state index in [1.54, 1.807) is 13.0 Å². The zero-order valence-corrected chi connectivity index (χ0v) is 12.4. The van der Waals surface area contributed by atoms with Gasteiger partial charge in [0.25, 0.3) is 0 Å². The highest BCUT2D eigenvalue weighted by Gasteiger charge is 2.14. The minimum Gasteiger partial charge on any atom is -0.373 e. The molecule has 0 spiro atoms. The van der Waals surface area contributed by atoms with Gasteiger partial charge in [-0.15, -0.1) is 0 Å². The van der Waals surface area contributed by atoms with Crippen LogP contribution in [-0.2, 0) is 4.79 Å². The van der Waals surface area contributed by atoms with Crippen molar-refractivity contribution in [2.45, 2.75) is 13.0 Å². The number of rotatable bonds is 4. The van der Waals surface area contributed by atoms with E-state index < -0.39 is 6.04 Å². The van der Waals surface area contributed by atoms with Crippen LogP contribution in [0.1, 0.15) is 6.92 Å². The maximum Gasteiger partial charge on any atom is 0.246 e. The number of hydrogen-bond donors (Lipinski definition) is 2. The van der Waals surface area contributed by atoms with Gasteiger partial charge < -0.3 is 10.6 Å². The van der Waals surface area contributed by atoms with Gasteiger partial charge >= 0.3 is 0 Å². The third kappa shape index (κ3) is 3.81. The maximum absolute atomic E-state index is 13.2. The fraction of sp³-hybridized carbons (Fsp3) is 0.133. The molecule has 0 heterocycles. The van der Waals surface area contributed by atoms with E-state index in [4.69, 9.17) is 0 Å². The van der Waals surface area contributed by atoms with Gasteiger partial charge in [-0.2, -0.15) is 0 Å². The van der Waals surface area contributed by atoms with E-state index in [0.717, 1.165) is 5.69 Å². The molecule has 0 aliphatic heterocycles. The van der Waals surface area contributed by atoms with Gasteiger partial charge in [0.2, 0.25) is 5.91 Å². The summed E-state index contributed by atoms with van der Waals surface area (Å²) < 4.78 is 13.9. The summed E-state index contributed by atoms with van der Waals surface area (Å²) in [5.41, 5.74) is 1.27. The van der Waals surface area contributed by atoms with Crippen molar-refractivity contribution in [2.24, 2.45) is 0 Å². The summed E-state index contributed by atoms with van der Waals surface area (Å²) in [4.78, 5) is 12.0. The molecule has 0 radical (unpaired) electrons. The van der Waals surface area contributed by atoms with Crippen LogP contribution in [0, 0.1) is 5.82 Å². The molecule has 0 aliphatic rings. The highest BCUT2D eigenvalue weighted by molar-refractivity contribution is 9.10. The van der Waals surface area contributed by atoms with Crippen molar-refractivity contribution >= 4 is 33.2 Å². The molecule has 3 nitrogen and oxygen atoms in total. The molecule has 2 rings (SSSR count). The van der Waals surface area contributed by atoms with E-state index in [2.05, 4.69) is 26.6 Å². The van der Waals surface area contributed by atoms with Crippen molar-refractivity contribution in [2.75, 3.05) is 10.6 Å². The van der Waals surface area contributed by atoms with Gasteiger partial charge in [0.1, 0.15) is 11.9 Å². The molecule has 0 saturated heterocycles. The number of nitrogens with one attached hydrogen (secondary N) is 2. The standard InChI is InChI=1S/C15H14BrFN2O/c1-10(15(20)19-12-5-3-2-4-6-12)18-14-9-11(17)7-8-13(14)16/h2-10,18H,1H3,(H,19,20). The Hall–Kier alpha value is -1.88. The van der Waals surface area contributed by atoms with Crippen LogP contribution in [0.3, 0.4) is 0 Å². The molecule has 0 saturated carbocycles. The minimum absolute atomic E-state index is 0.188. The molecule has 5 heteroatoms. The van der Waals surface area contributed by atoms with Crippen LogP contribution in [0.4, 0.5) is 15.8 Å². The van der Waals surface area contributed by atoms with Crippen molar-refractivity contribution in [3.8, 4) is 0 Å². The summed E-state index contributed by atoms with van der Waals surface area (Å²) in [6.07, 6.45) is 0. The number of hydrogen-bond acceptors (Lipinski definition) is 2. The fourth-order valence-corrected chi connectivity index (χ4v) is 2.04. The molecule has 1 unspecified atom stereocenters. The summed E-state index contributed by atoms with van der Waals surface area (Å²) in [7, 11) is 0. The lowest BCUT2D eigenvalue weighted by atomic mass is 10.2. The largest absolute Gasteiger partial charge is 0.373 e. The van der Waals surface area contributed by atoms with E-state index >= 15 is 0 Å². The van der Waals surface area contributed by atoms with Gasteiger partial charge in [-0.3, -0.25) is 4.79 Å². The van der Waals surface area contributed by atoms with Crippen molar-refractivity contribution in [1.29, 1.82) is 0 Å². The Bertz CT molecular complexity index is 604. The first-order valence-electron chi connectivity index (χ1n) is 6.14. The van der Waals surface area contributed by atoms with E-state index in [0.29, 0.717) is 10.2 Å². The van der Waals surface area contributed by atoms with Gasteiger partial charge in [0, 0.05) is 10.2 Å². The molecular weight excluding hydrogens is 323 g/mol. The Balaban J connectivity index is 2.02. The van der Waals surface area contributed by atoms with Crippen LogP contribution in [0.5, 0.6) is 0 Å². The number of halogens is 2. The second-order valence-corrected chi connectivity index (χ2v) is 5.20.